The fourth-order valence-corrected chi connectivity index (χ4v) is 4.19. The van der Waals surface area contributed by atoms with E-state index in [-0.39, 0.29) is 24.3 Å². The summed E-state index contributed by atoms with van der Waals surface area (Å²) in [6.45, 7) is 1.31. The molecule has 1 unspecified atom stereocenters. The molecule has 2 aliphatic rings. The second-order valence-corrected chi connectivity index (χ2v) is 7.59. The molecule has 7 heteroatoms. The largest absolute Gasteiger partial charge is 0.275 e. The van der Waals surface area contributed by atoms with Gasteiger partial charge in [-0.2, -0.15) is 5.10 Å². The monoisotopic (exact) mass is 375 g/mol. The molecule has 2 fully saturated rings. The van der Waals surface area contributed by atoms with Crippen LogP contribution in [-0.2, 0) is 23.1 Å². The molecule has 1 atom stereocenters. The molecule has 142 valence electrons. The van der Waals surface area contributed by atoms with Crippen molar-refractivity contribution < 1.29 is 9.59 Å². The van der Waals surface area contributed by atoms with Gasteiger partial charge in [0.25, 0.3) is 0 Å². The van der Waals surface area contributed by atoms with Crippen LogP contribution in [0.15, 0.2) is 42.9 Å². The maximum absolute atomic E-state index is 12.7. The molecule has 0 bridgehead atoms. The van der Waals surface area contributed by atoms with E-state index in [4.69, 9.17) is 0 Å². The molecular weight excluding hydrogens is 354 g/mol. The van der Waals surface area contributed by atoms with Gasteiger partial charge < -0.3 is 0 Å². The van der Waals surface area contributed by atoms with Crippen LogP contribution in [0.1, 0.15) is 18.5 Å². The van der Waals surface area contributed by atoms with Crippen molar-refractivity contribution in [3.8, 4) is 11.1 Å². The summed E-state index contributed by atoms with van der Waals surface area (Å²) in [5.74, 6) is -0.225. The van der Waals surface area contributed by atoms with E-state index in [1.165, 1.54) is 4.90 Å². The Hall–Kier alpha value is -3.06. The lowest BCUT2D eigenvalue weighted by atomic mass is 10.0. The van der Waals surface area contributed by atoms with E-state index in [1.54, 1.807) is 10.9 Å². The number of aryl methyl sites for hydroxylation is 1. The van der Waals surface area contributed by atoms with E-state index in [0.29, 0.717) is 12.4 Å². The molecule has 2 aromatic heterocycles. The number of amides is 2. The van der Waals surface area contributed by atoms with E-state index < -0.39 is 0 Å². The third-order valence-electron chi connectivity index (χ3n) is 5.69. The first-order valence-electron chi connectivity index (χ1n) is 9.54. The predicted octanol–water partition coefficient (Wildman–Crippen LogP) is 1.97. The van der Waals surface area contributed by atoms with Crippen LogP contribution >= 0.6 is 0 Å². The Bertz CT molecular complexity index is 1090. The molecule has 3 aromatic rings. The van der Waals surface area contributed by atoms with E-state index in [0.717, 1.165) is 41.3 Å². The maximum atomic E-state index is 12.7. The molecule has 2 saturated heterocycles. The highest BCUT2D eigenvalue weighted by atomic mass is 16.2. The van der Waals surface area contributed by atoms with Gasteiger partial charge in [0.05, 0.1) is 31.0 Å². The Morgan fingerprint density at radius 1 is 1.18 bits per heavy atom. The zero-order chi connectivity index (χ0) is 19.3. The minimum Gasteiger partial charge on any atom is -0.275 e. The smallest absolute Gasteiger partial charge is 0.247 e. The van der Waals surface area contributed by atoms with Crippen LogP contribution in [0.5, 0.6) is 0 Å². The minimum absolute atomic E-state index is 0.0536. The topological polar surface area (TPSA) is 71.3 Å². The second kappa shape index (κ2) is 6.53. The average Bonchev–Trinajstić information content (AvgIpc) is 3.39. The SMILES string of the molecule is Cn1cc(-c2ccc3cnc(CC(=O)N4CN5CCCC5C4=O)cc3c2)cn1. The van der Waals surface area contributed by atoms with Gasteiger partial charge in [0, 0.05) is 36.9 Å². The molecule has 4 heterocycles. The van der Waals surface area contributed by atoms with Gasteiger partial charge in [-0.05, 0) is 35.9 Å². The van der Waals surface area contributed by atoms with Gasteiger partial charge in [-0.1, -0.05) is 12.1 Å². The van der Waals surface area contributed by atoms with Crippen molar-refractivity contribution in [1.82, 2.24) is 24.6 Å². The number of carbonyl (C=O) groups excluding carboxylic acids is 2. The molecule has 0 N–H and O–H groups in total. The van der Waals surface area contributed by atoms with E-state index >= 15 is 0 Å². The van der Waals surface area contributed by atoms with Crippen LogP contribution in [-0.4, -0.2) is 55.6 Å². The lowest BCUT2D eigenvalue weighted by Crippen LogP contribution is -2.36. The first-order valence-corrected chi connectivity index (χ1v) is 9.54. The Morgan fingerprint density at radius 2 is 2.07 bits per heavy atom. The number of fused-ring (bicyclic) bond motifs is 2. The van der Waals surface area contributed by atoms with E-state index in [9.17, 15) is 9.59 Å². The summed E-state index contributed by atoms with van der Waals surface area (Å²) in [5.41, 5.74) is 2.79. The van der Waals surface area contributed by atoms with Crippen LogP contribution in [0.4, 0.5) is 0 Å². The number of aromatic nitrogens is 3. The van der Waals surface area contributed by atoms with Gasteiger partial charge in [-0.15, -0.1) is 0 Å². The van der Waals surface area contributed by atoms with Crippen molar-refractivity contribution in [2.75, 3.05) is 13.2 Å². The zero-order valence-electron chi connectivity index (χ0n) is 15.7. The van der Waals surface area contributed by atoms with E-state index in [2.05, 4.69) is 21.0 Å². The highest BCUT2D eigenvalue weighted by Gasteiger charge is 2.43. The predicted molar refractivity (Wildman–Crippen MR) is 104 cm³/mol. The van der Waals surface area contributed by atoms with Gasteiger partial charge in [-0.25, -0.2) is 0 Å². The maximum Gasteiger partial charge on any atom is 0.247 e. The molecule has 2 aliphatic heterocycles. The molecule has 1 aromatic carbocycles. The fourth-order valence-electron chi connectivity index (χ4n) is 4.19. The fraction of sp³-hybridized carbons (Fsp3) is 0.333. The standard InChI is InChI=1S/C21H21N5O2/c1-24-12-17(11-23-24)14-4-5-15-10-22-18(8-16(15)7-14)9-20(27)26-13-25-6-2-3-19(25)21(26)28/h4-5,7-8,10-12,19H,2-3,6,9,13H2,1H3. The summed E-state index contributed by atoms with van der Waals surface area (Å²) in [5, 5.41) is 6.26. The highest BCUT2D eigenvalue weighted by Crippen LogP contribution is 2.27. The molecule has 2 amide bonds. The highest BCUT2D eigenvalue weighted by molar-refractivity contribution is 6.00. The Kier molecular flexibility index (Phi) is 3.98. The number of rotatable bonds is 3. The van der Waals surface area contributed by atoms with Gasteiger partial charge >= 0.3 is 0 Å². The number of pyridine rings is 1. The molecule has 0 spiro atoms. The number of hydrogen-bond acceptors (Lipinski definition) is 5. The molecule has 0 aliphatic carbocycles. The first kappa shape index (κ1) is 17.1. The van der Waals surface area contributed by atoms with Crippen molar-refractivity contribution in [2.45, 2.75) is 25.3 Å². The number of benzene rings is 1. The van der Waals surface area contributed by atoms with E-state index in [1.807, 2.05) is 37.6 Å². The summed E-state index contributed by atoms with van der Waals surface area (Å²) in [7, 11) is 1.89. The van der Waals surface area contributed by atoms with Crippen molar-refractivity contribution in [3.05, 3.63) is 48.5 Å². The van der Waals surface area contributed by atoms with Gasteiger partial charge in [-0.3, -0.25) is 29.1 Å². The number of hydrogen-bond donors (Lipinski definition) is 0. The van der Waals surface area contributed by atoms with Crippen molar-refractivity contribution in [3.63, 3.8) is 0 Å². The normalized spacial score (nSPS) is 19.5. The summed E-state index contributed by atoms with van der Waals surface area (Å²) in [4.78, 5) is 33.1. The molecular formula is C21H21N5O2. The number of carbonyl (C=O) groups is 2. The molecule has 7 nitrogen and oxygen atoms in total. The summed E-state index contributed by atoms with van der Waals surface area (Å²) < 4.78 is 1.77. The third kappa shape index (κ3) is 2.88. The zero-order valence-corrected chi connectivity index (χ0v) is 15.7. The summed E-state index contributed by atoms with van der Waals surface area (Å²) in [6.07, 6.45) is 7.61. The van der Waals surface area contributed by atoms with Gasteiger partial charge in [0.2, 0.25) is 11.8 Å². The van der Waals surface area contributed by atoms with Crippen LogP contribution in [0.2, 0.25) is 0 Å². The molecule has 0 saturated carbocycles. The van der Waals surface area contributed by atoms with Crippen molar-refractivity contribution >= 4 is 22.6 Å². The molecule has 0 radical (unpaired) electrons. The lowest BCUT2D eigenvalue weighted by molar-refractivity contribution is -0.142. The minimum atomic E-state index is -0.172. The van der Waals surface area contributed by atoms with Gasteiger partial charge in [0.1, 0.15) is 0 Å². The number of imide groups is 1. The molecule has 5 rings (SSSR count). The Labute approximate surface area is 162 Å². The lowest BCUT2D eigenvalue weighted by Gasteiger charge is -2.15. The molecule has 28 heavy (non-hydrogen) atoms. The third-order valence-corrected chi connectivity index (χ3v) is 5.69. The quantitative estimate of drug-likeness (QED) is 0.700. The Morgan fingerprint density at radius 3 is 2.86 bits per heavy atom. The van der Waals surface area contributed by atoms with Gasteiger partial charge in [0.15, 0.2) is 0 Å². The van der Waals surface area contributed by atoms with Crippen molar-refractivity contribution in [2.24, 2.45) is 7.05 Å². The second-order valence-electron chi connectivity index (χ2n) is 7.59. The van der Waals surface area contributed by atoms with Crippen LogP contribution in [0, 0.1) is 0 Å². The Balaban J connectivity index is 1.38. The average molecular weight is 375 g/mol. The van der Waals surface area contributed by atoms with Crippen LogP contribution in [0.25, 0.3) is 21.9 Å². The van der Waals surface area contributed by atoms with Crippen LogP contribution < -0.4 is 0 Å². The van der Waals surface area contributed by atoms with Crippen molar-refractivity contribution in [1.29, 1.82) is 0 Å². The number of nitrogens with zero attached hydrogens (tertiary/aromatic N) is 5. The summed E-state index contributed by atoms with van der Waals surface area (Å²) in [6, 6.07) is 7.99. The van der Waals surface area contributed by atoms with Crippen LogP contribution in [0.3, 0.4) is 0 Å². The summed E-state index contributed by atoms with van der Waals surface area (Å²) >= 11 is 0. The first-order chi connectivity index (χ1) is 13.6.